The molecule has 70 valence electrons. The molecule has 0 bridgehead atoms. The normalized spacial score (nSPS) is 26.9. The summed E-state index contributed by atoms with van der Waals surface area (Å²) in [5, 5.41) is 18.8. The second-order valence-corrected chi connectivity index (χ2v) is 3.80. The number of aliphatic hydroxyl groups excluding tert-OH is 1. The first-order valence-corrected chi connectivity index (χ1v) is 4.66. The average Bonchev–Trinajstić information content (AvgIpc) is 2.09. The number of aryl methyl sites for hydroxylation is 1. The highest BCUT2D eigenvalue weighted by Gasteiger charge is 2.30. The van der Waals surface area contributed by atoms with E-state index in [4.69, 9.17) is 0 Å². The van der Waals surface area contributed by atoms with Crippen LogP contribution in [0.3, 0.4) is 0 Å². The molecule has 0 aliphatic heterocycles. The van der Waals surface area contributed by atoms with Crippen molar-refractivity contribution in [1.82, 2.24) is 0 Å². The standard InChI is InChI=1S/C11H14O2/c1-7-6-8(2-4-10(7)12)9-3-5-11(9)13/h2,4,6,9,11-13H,3,5H2,1H3. The minimum absolute atomic E-state index is 0.177. The van der Waals surface area contributed by atoms with E-state index in [0.717, 1.165) is 24.0 Å². The highest BCUT2D eigenvalue weighted by molar-refractivity contribution is 5.37. The minimum atomic E-state index is -0.177. The molecule has 1 saturated carbocycles. The van der Waals surface area contributed by atoms with Gasteiger partial charge in [0.25, 0.3) is 0 Å². The zero-order valence-electron chi connectivity index (χ0n) is 7.70. The fourth-order valence-corrected chi connectivity index (χ4v) is 1.78. The number of hydrogen-bond donors (Lipinski definition) is 2. The molecule has 0 radical (unpaired) electrons. The molecular formula is C11H14O2. The van der Waals surface area contributed by atoms with Crippen LogP contribution in [0.25, 0.3) is 0 Å². The van der Waals surface area contributed by atoms with Crippen molar-refractivity contribution in [3.05, 3.63) is 29.3 Å². The summed E-state index contributed by atoms with van der Waals surface area (Å²) in [7, 11) is 0. The predicted molar refractivity (Wildman–Crippen MR) is 50.8 cm³/mol. The number of aromatic hydroxyl groups is 1. The highest BCUT2D eigenvalue weighted by Crippen LogP contribution is 2.37. The number of hydrogen-bond acceptors (Lipinski definition) is 2. The molecule has 2 unspecified atom stereocenters. The molecule has 0 aromatic heterocycles. The number of phenols is 1. The summed E-state index contributed by atoms with van der Waals surface area (Å²) < 4.78 is 0. The smallest absolute Gasteiger partial charge is 0.118 e. The van der Waals surface area contributed by atoms with Gasteiger partial charge in [0, 0.05) is 5.92 Å². The maximum atomic E-state index is 9.46. The lowest BCUT2D eigenvalue weighted by atomic mass is 9.77. The molecule has 2 heteroatoms. The van der Waals surface area contributed by atoms with E-state index in [1.54, 1.807) is 6.07 Å². The van der Waals surface area contributed by atoms with Gasteiger partial charge in [0.05, 0.1) is 6.10 Å². The van der Waals surface area contributed by atoms with Crippen LogP contribution in [0.15, 0.2) is 18.2 Å². The number of benzene rings is 1. The summed E-state index contributed by atoms with van der Waals surface area (Å²) >= 11 is 0. The number of phenolic OH excluding ortho intramolecular Hbond substituents is 1. The number of rotatable bonds is 1. The van der Waals surface area contributed by atoms with Crippen molar-refractivity contribution in [2.45, 2.75) is 31.8 Å². The molecule has 2 atom stereocenters. The van der Waals surface area contributed by atoms with Gasteiger partial charge in [-0.2, -0.15) is 0 Å². The molecule has 1 aliphatic carbocycles. The molecule has 1 fully saturated rings. The van der Waals surface area contributed by atoms with Crippen LogP contribution >= 0.6 is 0 Å². The second-order valence-electron chi connectivity index (χ2n) is 3.80. The summed E-state index contributed by atoms with van der Waals surface area (Å²) in [6.07, 6.45) is 1.79. The molecule has 0 spiro atoms. The Morgan fingerprint density at radius 1 is 1.31 bits per heavy atom. The zero-order valence-corrected chi connectivity index (χ0v) is 7.70. The van der Waals surface area contributed by atoms with Crippen LogP contribution in [0.2, 0.25) is 0 Å². The molecular weight excluding hydrogens is 164 g/mol. The topological polar surface area (TPSA) is 40.5 Å². The predicted octanol–water partition coefficient (Wildman–Crippen LogP) is 1.94. The fraction of sp³-hybridized carbons (Fsp3) is 0.455. The largest absolute Gasteiger partial charge is 0.508 e. The average molecular weight is 178 g/mol. The van der Waals surface area contributed by atoms with E-state index < -0.39 is 0 Å². The summed E-state index contributed by atoms with van der Waals surface area (Å²) in [4.78, 5) is 0. The van der Waals surface area contributed by atoms with Crippen LogP contribution in [0.4, 0.5) is 0 Å². The van der Waals surface area contributed by atoms with Gasteiger partial charge < -0.3 is 10.2 Å². The molecule has 0 amide bonds. The Labute approximate surface area is 77.8 Å². The Morgan fingerprint density at radius 2 is 2.08 bits per heavy atom. The molecule has 13 heavy (non-hydrogen) atoms. The third kappa shape index (κ3) is 1.42. The van der Waals surface area contributed by atoms with Crippen LogP contribution in [0.5, 0.6) is 5.75 Å². The molecule has 1 aromatic rings. The van der Waals surface area contributed by atoms with Crippen molar-refractivity contribution < 1.29 is 10.2 Å². The van der Waals surface area contributed by atoms with Gasteiger partial charge in [-0.15, -0.1) is 0 Å². The van der Waals surface area contributed by atoms with E-state index in [2.05, 4.69) is 0 Å². The Morgan fingerprint density at radius 3 is 2.54 bits per heavy atom. The van der Waals surface area contributed by atoms with Gasteiger partial charge in [-0.1, -0.05) is 12.1 Å². The van der Waals surface area contributed by atoms with Crippen LogP contribution in [-0.2, 0) is 0 Å². The van der Waals surface area contributed by atoms with Crippen LogP contribution in [0, 0.1) is 6.92 Å². The molecule has 1 aromatic carbocycles. The molecule has 0 heterocycles. The quantitative estimate of drug-likeness (QED) is 0.690. The van der Waals surface area contributed by atoms with Gasteiger partial charge in [0.1, 0.15) is 5.75 Å². The lowest BCUT2D eigenvalue weighted by Crippen LogP contribution is -2.28. The van der Waals surface area contributed by atoms with Gasteiger partial charge in [0.15, 0.2) is 0 Å². The van der Waals surface area contributed by atoms with Gasteiger partial charge in [-0.3, -0.25) is 0 Å². The van der Waals surface area contributed by atoms with Crippen molar-refractivity contribution in [3.8, 4) is 5.75 Å². The van der Waals surface area contributed by atoms with Crippen LogP contribution in [-0.4, -0.2) is 16.3 Å². The molecule has 1 aliphatic rings. The first kappa shape index (κ1) is 8.57. The lowest BCUT2D eigenvalue weighted by molar-refractivity contribution is 0.0661. The zero-order chi connectivity index (χ0) is 9.42. The Bertz CT molecular complexity index is 320. The first-order chi connectivity index (χ1) is 6.18. The van der Waals surface area contributed by atoms with Crippen LogP contribution in [0.1, 0.15) is 29.9 Å². The number of aliphatic hydroxyl groups is 1. The van der Waals surface area contributed by atoms with E-state index in [1.807, 2.05) is 19.1 Å². The van der Waals surface area contributed by atoms with E-state index >= 15 is 0 Å². The summed E-state index contributed by atoms with van der Waals surface area (Å²) in [6, 6.07) is 5.56. The summed E-state index contributed by atoms with van der Waals surface area (Å²) in [5.74, 6) is 0.622. The second kappa shape index (κ2) is 3.04. The molecule has 2 nitrogen and oxygen atoms in total. The van der Waals surface area contributed by atoms with Gasteiger partial charge >= 0.3 is 0 Å². The van der Waals surface area contributed by atoms with E-state index in [0.29, 0.717) is 11.7 Å². The minimum Gasteiger partial charge on any atom is -0.508 e. The Hall–Kier alpha value is -1.02. The van der Waals surface area contributed by atoms with Crippen molar-refractivity contribution in [3.63, 3.8) is 0 Å². The maximum absolute atomic E-state index is 9.46. The van der Waals surface area contributed by atoms with Gasteiger partial charge in [-0.05, 0) is 37.0 Å². The van der Waals surface area contributed by atoms with Crippen LogP contribution < -0.4 is 0 Å². The van der Waals surface area contributed by atoms with Crippen molar-refractivity contribution in [2.24, 2.45) is 0 Å². The van der Waals surface area contributed by atoms with Gasteiger partial charge in [-0.25, -0.2) is 0 Å². The van der Waals surface area contributed by atoms with E-state index in [9.17, 15) is 10.2 Å². The third-order valence-electron chi connectivity index (χ3n) is 2.89. The SMILES string of the molecule is Cc1cc(C2CCC2O)ccc1O. The molecule has 2 rings (SSSR count). The van der Waals surface area contributed by atoms with Crippen molar-refractivity contribution in [2.75, 3.05) is 0 Å². The van der Waals surface area contributed by atoms with E-state index in [-0.39, 0.29) is 6.10 Å². The van der Waals surface area contributed by atoms with Gasteiger partial charge in [0.2, 0.25) is 0 Å². The summed E-state index contributed by atoms with van der Waals surface area (Å²) in [6.45, 7) is 1.88. The summed E-state index contributed by atoms with van der Waals surface area (Å²) in [5.41, 5.74) is 2.03. The highest BCUT2D eigenvalue weighted by atomic mass is 16.3. The lowest BCUT2D eigenvalue weighted by Gasteiger charge is -2.32. The monoisotopic (exact) mass is 178 g/mol. The van der Waals surface area contributed by atoms with Crippen molar-refractivity contribution in [1.29, 1.82) is 0 Å². The Balaban J connectivity index is 2.26. The van der Waals surface area contributed by atoms with E-state index in [1.165, 1.54) is 0 Å². The maximum Gasteiger partial charge on any atom is 0.118 e. The molecule has 0 saturated heterocycles. The molecule has 2 N–H and O–H groups in total. The fourth-order valence-electron chi connectivity index (χ4n) is 1.78. The van der Waals surface area contributed by atoms with Crippen molar-refractivity contribution >= 4 is 0 Å². The first-order valence-electron chi connectivity index (χ1n) is 4.66. The third-order valence-corrected chi connectivity index (χ3v) is 2.89. The Kier molecular flexibility index (Phi) is 2.00.